The molecule has 118 valence electrons. The Morgan fingerprint density at radius 3 is 2.67 bits per heavy atom. The molecule has 1 aromatic carbocycles. The van der Waals surface area contributed by atoms with Gasteiger partial charge in [0.15, 0.2) is 0 Å². The lowest BCUT2D eigenvalue weighted by molar-refractivity contribution is 0.0459. The number of ether oxygens (including phenoxy) is 1. The van der Waals surface area contributed by atoms with E-state index >= 15 is 0 Å². The summed E-state index contributed by atoms with van der Waals surface area (Å²) >= 11 is 3.60. The van der Waals surface area contributed by atoms with Crippen LogP contribution in [-0.4, -0.2) is 31.8 Å². The summed E-state index contributed by atoms with van der Waals surface area (Å²) in [5.74, 6) is 0. The average Bonchev–Trinajstić information content (AvgIpc) is 2.50. The van der Waals surface area contributed by atoms with Crippen LogP contribution in [0.2, 0.25) is 0 Å². The van der Waals surface area contributed by atoms with Crippen molar-refractivity contribution in [2.75, 3.05) is 24.6 Å². The van der Waals surface area contributed by atoms with Gasteiger partial charge in [0.25, 0.3) is 0 Å². The van der Waals surface area contributed by atoms with E-state index in [9.17, 15) is 0 Å². The molecule has 0 saturated carbocycles. The molecule has 0 spiro atoms. The van der Waals surface area contributed by atoms with Crippen LogP contribution >= 0.6 is 15.9 Å². The minimum Gasteiger partial charge on any atom is -0.378 e. The second-order valence-corrected chi connectivity index (χ2v) is 6.70. The largest absolute Gasteiger partial charge is 0.378 e. The summed E-state index contributed by atoms with van der Waals surface area (Å²) < 4.78 is 6.88. The molecule has 2 N–H and O–H groups in total. The summed E-state index contributed by atoms with van der Waals surface area (Å²) in [5, 5.41) is 0. The smallest absolute Gasteiger partial charge is 0.0608 e. The fourth-order valence-corrected chi connectivity index (χ4v) is 3.28. The van der Waals surface area contributed by atoms with Crippen molar-refractivity contribution in [3.63, 3.8) is 0 Å². The van der Waals surface area contributed by atoms with Crippen molar-refractivity contribution in [3.8, 4) is 0 Å². The summed E-state index contributed by atoms with van der Waals surface area (Å²) in [6, 6.07) is 6.81. The van der Waals surface area contributed by atoms with E-state index < -0.39 is 0 Å². The fraction of sp³-hybridized carbons (Fsp3) is 0.647. The lowest BCUT2D eigenvalue weighted by Crippen LogP contribution is -2.38. The zero-order chi connectivity index (χ0) is 15.2. The van der Waals surface area contributed by atoms with Gasteiger partial charge in [0.1, 0.15) is 0 Å². The van der Waals surface area contributed by atoms with Crippen LogP contribution in [-0.2, 0) is 11.2 Å². The quantitative estimate of drug-likeness (QED) is 0.845. The van der Waals surface area contributed by atoms with Crippen molar-refractivity contribution >= 4 is 21.6 Å². The van der Waals surface area contributed by atoms with E-state index in [1.807, 2.05) is 0 Å². The lowest BCUT2D eigenvalue weighted by atomic mass is 10.00. The number of anilines is 1. The number of nitrogens with two attached hydrogens (primary N) is 1. The van der Waals surface area contributed by atoms with Crippen molar-refractivity contribution in [2.45, 2.75) is 51.7 Å². The first-order valence-electron chi connectivity index (χ1n) is 8.04. The molecule has 1 saturated heterocycles. The van der Waals surface area contributed by atoms with Crippen molar-refractivity contribution in [1.29, 1.82) is 0 Å². The molecule has 1 aliphatic heterocycles. The van der Waals surface area contributed by atoms with Gasteiger partial charge < -0.3 is 15.4 Å². The Balaban J connectivity index is 2.09. The Hall–Kier alpha value is -0.580. The number of halogens is 1. The summed E-state index contributed by atoms with van der Waals surface area (Å²) in [7, 11) is 0. The Bertz CT molecular complexity index is 444. The fourth-order valence-electron chi connectivity index (χ4n) is 2.93. The van der Waals surface area contributed by atoms with Gasteiger partial charge in [0.05, 0.1) is 6.10 Å². The van der Waals surface area contributed by atoms with E-state index in [4.69, 9.17) is 10.5 Å². The Labute approximate surface area is 137 Å². The molecule has 1 unspecified atom stereocenters. The number of rotatable bonds is 6. The molecule has 1 aromatic rings. The third-order valence-electron chi connectivity index (χ3n) is 4.24. The zero-order valence-corrected chi connectivity index (χ0v) is 14.7. The van der Waals surface area contributed by atoms with Crippen molar-refractivity contribution in [2.24, 2.45) is 5.73 Å². The Kier molecular flexibility index (Phi) is 6.52. The second kappa shape index (κ2) is 8.16. The first kappa shape index (κ1) is 16.8. The van der Waals surface area contributed by atoms with Crippen molar-refractivity contribution in [1.82, 2.24) is 0 Å². The summed E-state index contributed by atoms with van der Waals surface area (Å²) in [6.07, 6.45) is 4.62. The van der Waals surface area contributed by atoms with E-state index in [0.29, 0.717) is 6.10 Å². The molecule has 21 heavy (non-hydrogen) atoms. The van der Waals surface area contributed by atoms with Gasteiger partial charge in [-0.1, -0.05) is 28.9 Å². The van der Waals surface area contributed by atoms with Crippen LogP contribution < -0.4 is 10.6 Å². The van der Waals surface area contributed by atoms with E-state index in [1.165, 1.54) is 11.3 Å². The molecule has 2 rings (SSSR count). The molecule has 1 aliphatic rings. The molecule has 1 atom stereocenters. The number of benzene rings is 1. The van der Waals surface area contributed by atoms with Crippen molar-refractivity contribution < 1.29 is 4.74 Å². The molecule has 0 bridgehead atoms. The van der Waals surface area contributed by atoms with Crippen LogP contribution in [0.3, 0.4) is 0 Å². The number of nitrogens with zero attached hydrogens (tertiary/aromatic N) is 1. The third-order valence-corrected chi connectivity index (χ3v) is 4.73. The topological polar surface area (TPSA) is 38.5 Å². The zero-order valence-electron chi connectivity index (χ0n) is 13.1. The van der Waals surface area contributed by atoms with Gasteiger partial charge in [0.2, 0.25) is 0 Å². The minimum absolute atomic E-state index is 0.242. The number of hydrogen-bond donors (Lipinski definition) is 1. The number of piperidine rings is 1. The van der Waals surface area contributed by atoms with Crippen LogP contribution in [0, 0.1) is 0 Å². The van der Waals surface area contributed by atoms with Gasteiger partial charge in [-0.15, -0.1) is 0 Å². The molecule has 1 heterocycles. The normalized spacial score (nSPS) is 18.0. The SMILES string of the molecule is CCOC1CCN(c2cc(Br)ccc2CC(N)CC)CC1. The van der Waals surface area contributed by atoms with E-state index in [1.54, 1.807) is 0 Å². The molecule has 3 nitrogen and oxygen atoms in total. The van der Waals surface area contributed by atoms with Crippen LogP contribution in [0.1, 0.15) is 38.7 Å². The molecule has 0 amide bonds. The van der Waals surface area contributed by atoms with Gasteiger partial charge in [-0.25, -0.2) is 0 Å². The van der Waals surface area contributed by atoms with Crippen molar-refractivity contribution in [3.05, 3.63) is 28.2 Å². The maximum atomic E-state index is 6.15. The molecular weight excluding hydrogens is 328 g/mol. The maximum absolute atomic E-state index is 6.15. The average molecular weight is 355 g/mol. The highest BCUT2D eigenvalue weighted by Crippen LogP contribution is 2.29. The Morgan fingerprint density at radius 2 is 2.05 bits per heavy atom. The first-order valence-corrected chi connectivity index (χ1v) is 8.83. The van der Waals surface area contributed by atoms with Crippen LogP contribution in [0.5, 0.6) is 0 Å². The highest BCUT2D eigenvalue weighted by atomic mass is 79.9. The van der Waals surface area contributed by atoms with Gasteiger partial charge >= 0.3 is 0 Å². The van der Waals surface area contributed by atoms with Crippen LogP contribution in [0.25, 0.3) is 0 Å². The molecule has 4 heteroatoms. The summed E-state index contributed by atoms with van der Waals surface area (Å²) in [6.45, 7) is 7.17. The molecule has 0 aromatic heterocycles. The third kappa shape index (κ3) is 4.70. The highest BCUT2D eigenvalue weighted by molar-refractivity contribution is 9.10. The second-order valence-electron chi connectivity index (χ2n) is 5.79. The standard InChI is InChI=1S/C17H27BrN2O/c1-3-15(19)11-13-5-6-14(18)12-17(13)20-9-7-16(8-10-20)21-4-2/h5-6,12,15-16H,3-4,7-11,19H2,1-2H3. The van der Waals surface area contributed by atoms with Gasteiger partial charge in [-0.2, -0.15) is 0 Å². The highest BCUT2D eigenvalue weighted by Gasteiger charge is 2.21. The summed E-state index contributed by atoms with van der Waals surface area (Å²) in [5.41, 5.74) is 8.85. The number of hydrogen-bond acceptors (Lipinski definition) is 3. The van der Waals surface area contributed by atoms with E-state index in [-0.39, 0.29) is 6.04 Å². The summed E-state index contributed by atoms with van der Waals surface area (Å²) in [4.78, 5) is 2.48. The minimum atomic E-state index is 0.242. The van der Waals surface area contributed by atoms with Gasteiger partial charge in [-0.05, 0) is 50.3 Å². The lowest BCUT2D eigenvalue weighted by Gasteiger charge is -2.35. The molecule has 1 fully saturated rings. The molecule has 0 radical (unpaired) electrons. The monoisotopic (exact) mass is 354 g/mol. The van der Waals surface area contributed by atoms with Gasteiger partial charge in [0, 0.05) is 35.9 Å². The Morgan fingerprint density at radius 1 is 1.33 bits per heavy atom. The van der Waals surface area contributed by atoms with Crippen LogP contribution in [0.15, 0.2) is 22.7 Å². The van der Waals surface area contributed by atoms with Crippen LogP contribution in [0.4, 0.5) is 5.69 Å². The maximum Gasteiger partial charge on any atom is 0.0608 e. The molecule has 0 aliphatic carbocycles. The first-order chi connectivity index (χ1) is 10.1. The molecular formula is C17H27BrN2O. The van der Waals surface area contributed by atoms with E-state index in [2.05, 4.69) is 52.9 Å². The van der Waals surface area contributed by atoms with E-state index in [0.717, 1.165) is 49.9 Å². The van der Waals surface area contributed by atoms with Gasteiger partial charge in [-0.3, -0.25) is 0 Å². The predicted molar refractivity (Wildman–Crippen MR) is 93.0 cm³/mol. The predicted octanol–water partition coefficient (Wildman–Crippen LogP) is 3.73.